The molecule has 0 amide bonds. The Morgan fingerprint density at radius 2 is 2.00 bits per heavy atom. The lowest BCUT2D eigenvalue weighted by molar-refractivity contribution is 1.02. The van der Waals surface area contributed by atoms with Gasteiger partial charge in [0.1, 0.15) is 18.0 Å². The van der Waals surface area contributed by atoms with Crippen LogP contribution in [0.1, 0.15) is 5.56 Å². The van der Waals surface area contributed by atoms with Crippen LogP contribution in [0, 0.1) is 0 Å². The average molecular weight is 263 g/mol. The van der Waals surface area contributed by atoms with E-state index in [9.17, 15) is 0 Å². The van der Waals surface area contributed by atoms with Crippen LogP contribution in [0.5, 0.6) is 0 Å². The van der Waals surface area contributed by atoms with E-state index < -0.39 is 0 Å². The summed E-state index contributed by atoms with van der Waals surface area (Å²) in [7, 11) is 3.89. The molecule has 4 nitrogen and oxygen atoms in total. The monoisotopic (exact) mass is 262 g/mol. The third-order valence-corrected chi connectivity index (χ3v) is 2.90. The van der Waals surface area contributed by atoms with Crippen LogP contribution in [0.3, 0.4) is 0 Å². The van der Waals surface area contributed by atoms with Crippen LogP contribution < -0.4 is 10.2 Å². The topological polar surface area (TPSA) is 41.0 Å². The second-order valence-corrected chi connectivity index (χ2v) is 4.51. The summed E-state index contributed by atoms with van der Waals surface area (Å²) in [5.41, 5.74) is 1.05. The lowest BCUT2D eigenvalue weighted by atomic mass is 10.2. The zero-order valence-electron chi connectivity index (χ0n) is 10.4. The van der Waals surface area contributed by atoms with E-state index in [1.54, 1.807) is 6.33 Å². The zero-order valence-corrected chi connectivity index (χ0v) is 11.1. The molecule has 0 fully saturated rings. The summed E-state index contributed by atoms with van der Waals surface area (Å²) in [6, 6.07) is 9.65. The lowest BCUT2D eigenvalue weighted by Gasteiger charge is -2.12. The first-order chi connectivity index (χ1) is 8.66. The molecule has 5 heteroatoms. The van der Waals surface area contributed by atoms with Crippen molar-refractivity contribution in [2.45, 2.75) is 6.54 Å². The predicted molar refractivity (Wildman–Crippen MR) is 75.1 cm³/mol. The van der Waals surface area contributed by atoms with Gasteiger partial charge in [0.25, 0.3) is 0 Å². The minimum absolute atomic E-state index is 0.642. The van der Waals surface area contributed by atoms with Gasteiger partial charge in [0.2, 0.25) is 0 Å². The molecule has 2 aromatic rings. The molecule has 1 N–H and O–H groups in total. The van der Waals surface area contributed by atoms with Crippen molar-refractivity contribution in [2.75, 3.05) is 24.3 Å². The Balaban J connectivity index is 2.07. The summed E-state index contributed by atoms with van der Waals surface area (Å²) in [4.78, 5) is 10.3. The van der Waals surface area contributed by atoms with E-state index in [0.29, 0.717) is 6.54 Å². The van der Waals surface area contributed by atoms with Crippen molar-refractivity contribution in [1.82, 2.24) is 9.97 Å². The number of nitrogens with zero attached hydrogens (tertiary/aromatic N) is 3. The highest BCUT2D eigenvalue weighted by Crippen LogP contribution is 2.17. The number of rotatable bonds is 4. The van der Waals surface area contributed by atoms with Crippen molar-refractivity contribution in [3.63, 3.8) is 0 Å². The summed E-state index contributed by atoms with van der Waals surface area (Å²) in [5.74, 6) is 1.65. The minimum Gasteiger partial charge on any atom is -0.366 e. The molecule has 0 saturated carbocycles. The van der Waals surface area contributed by atoms with Crippen LogP contribution in [-0.4, -0.2) is 24.1 Å². The number of anilines is 2. The molecule has 0 aliphatic heterocycles. The van der Waals surface area contributed by atoms with Gasteiger partial charge >= 0.3 is 0 Å². The summed E-state index contributed by atoms with van der Waals surface area (Å²) in [6.07, 6.45) is 1.55. The second kappa shape index (κ2) is 5.69. The van der Waals surface area contributed by atoms with Gasteiger partial charge in [0, 0.05) is 31.7 Å². The van der Waals surface area contributed by atoms with Crippen LogP contribution in [-0.2, 0) is 6.54 Å². The van der Waals surface area contributed by atoms with E-state index in [0.717, 1.165) is 22.2 Å². The standard InChI is InChI=1S/C13H15ClN4/c1-18(2)13-7-12(16-9-17-13)15-8-10-5-3-4-6-11(10)14/h3-7,9H,8H2,1-2H3,(H,15,16,17). The van der Waals surface area contributed by atoms with Crippen molar-refractivity contribution in [3.8, 4) is 0 Å². The maximum Gasteiger partial charge on any atom is 0.133 e. The van der Waals surface area contributed by atoms with Crippen LogP contribution in [0.15, 0.2) is 36.7 Å². The van der Waals surface area contributed by atoms with Crippen molar-refractivity contribution < 1.29 is 0 Å². The van der Waals surface area contributed by atoms with Crippen molar-refractivity contribution >= 4 is 23.2 Å². The molecule has 0 bridgehead atoms. The fourth-order valence-electron chi connectivity index (χ4n) is 1.52. The van der Waals surface area contributed by atoms with Crippen LogP contribution >= 0.6 is 11.6 Å². The first-order valence-corrected chi connectivity index (χ1v) is 6.01. The highest BCUT2D eigenvalue weighted by molar-refractivity contribution is 6.31. The number of hydrogen-bond acceptors (Lipinski definition) is 4. The van der Waals surface area contributed by atoms with E-state index >= 15 is 0 Å². The first-order valence-electron chi connectivity index (χ1n) is 5.63. The van der Waals surface area contributed by atoms with E-state index in [4.69, 9.17) is 11.6 Å². The van der Waals surface area contributed by atoms with Crippen LogP contribution in [0.4, 0.5) is 11.6 Å². The molecule has 0 unspecified atom stereocenters. The number of halogens is 1. The number of aromatic nitrogens is 2. The minimum atomic E-state index is 0.642. The SMILES string of the molecule is CN(C)c1cc(NCc2ccccc2Cl)ncn1. The van der Waals surface area contributed by atoms with Gasteiger partial charge in [-0.2, -0.15) is 0 Å². The van der Waals surface area contributed by atoms with Gasteiger partial charge in [0.15, 0.2) is 0 Å². The molecule has 1 aromatic carbocycles. The second-order valence-electron chi connectivity index (χ2n) is 4.10. The quantitative estimate of drug-likeness (QED) is 0.920. The number of hydrogen-bond donors (Lipinski definition) is 1. The molecule has 0 saturated heterocycles. The maximum absolute atomic E-state index is 6.09. The van der Waals surface area contributed by atoms with Gasteiger partial charge in [-0.1, -0.05) is 29.8 Å². The third kappa shape index (κ3) is 3.11. The summed E-state index contributed by atoms with van der Waals surface area (Å²) in [6.45, 7) is 0.642. The van der Waals surface area contributed by atoms with Crippen molar-refractivity contribution in [1.29, 1.82) is 0 Å². The molecular formula is C13H15ClN4. The smallest absolute Gasteiger partial charge is 0.133 e. The zero-order chi connectivity index (χ0) is 13.0. The Labute approximate surface area is 112 Å². The summed E-state index contributed by atoms with van der Waals surface area (Å²) >= 11 is 6.09. The van der Waals surface area contributed by atoms with Gasteiger partial charge in [-0.05, 0) is 11.6 Å². The number of benzene rings is 1. The van der Waals surface area contributed by atoms with Gasteiger partial charge in [-0.15, -0.1) is 0 Å². The molecule has 0 spiro atoms. The molecule has 0 aliphatic carbocycles. The fourth-order valence-corrected chi connectivity index (χ4v) is 1.72. The molecule has 94 valence electrons. The average Bonchev–Trinajstić information content (AvgIpc) is 2.38. The molecule has 0 radical (unpaired) electrons. The molecule has 18 heavy (non-hydrogen) atoms. The Morgan fingerprint density at radius 1 is 1.22 bits per heavy atom. The van der Waals surface area contributed by atoms with Gasteiger partial charge in [0.05, 0.1) is 0 Å². The highest BCUT2D eigenvalue weighted by atomic mass is 35.5. The third-order valence-electron chi connectivity index (χ3n) is 2.53. The van der Waals surface area contributed by atoms with E-state index in [-0.39, 0.29) is 0 Å². The molecule has 2 rings (SSSR count). The van der Waals surface area contributed by atoms with Gasteiger partial charge in [-0.3, -0.25) is 0 Å². The normalized spacial score (nSPS) is 10.2. The molecular weight excluding hydrogens is 248 g/mol. The maximum atomic E-state index is 6.09. The highest BCUT2D eigenvalue weighted by Gasteiger charge is 2.02. The van der Waals surface area contributed by atoms with Crippen molar-refractivity contribution in [3.05, 3.63) is 47.2 Å². The predicted octanol–water partition coefficient (Wildman–Crippen LogP) is 2.81. The Bertz CT molecular complexity index is 528. The van der Waals surface area contributed by atoms with E-state index in [1.807, 2.05) is 49.3 Å². The van der Waals surface area contributed by atoms with Crippen molar-refractivity contribution in [2.24, 2.45) is 0 Å². The van der Waals surface area contributed by atoms with Gasteiger partial charge < -0.3 is 10.2 Å². The molecule has 1 heterocycles. The Hall–Kier alpha value is -1.81. The van der Waals surface area contributed by atoms with Crippen LogP contribution in [0.2, 0.25) is 5.02 Å². The summed E-state index contributed by atoms with van der Waals surface area (Å²) < 4.78 is 0. The largest absolute Gasteiger partial charge is 0.366 e. The fraction of sp³-hybridized carbons (Fsp3) is 0.231. The number of nitrogens with one attached hydrogen (secondary N) is 1. The Morgan fingerprint density at radius 3 is 2.72 bits per heavy atom. The van der Waals surface area contributed by atoms with E-state index in [1.165, 1.54) is 0 Å². The van der Waals surface area contributed by atoms with E-state index in [2.05, 4.69) is 15.3 Å². The Kier molecular flexibility index (Phi) is 3.99. The first kappa shape index (κ1) is 12.6. The summed E-state index contributed by atoms with van der Waals surface area (Å²) in [5, 5.41) is 3.99. The molecule has 0 atom stereocenters. The molecule has 1 aromatic heterocycles. The molecule has 0 aliphatic rings. The van der Waals surface area contributed by atoms with Gasteiger partial charge in [-0.25, -0.2) is 9.97 Å². The van der Waals surface area contributed by atoms with Crippen LogP contribution in [0.25, 0.3) is 0 Å². The lowest BCUT2D eigenvalue weighted by Crippen LogP contribution is -2.11.